The fourth-order valence-electron chi connectivity index (χ4n) is 1.66. The first-order valence-corrected chi connectivity index (χ1v) is 5.91. The van der Waals surface area contributed by atoms with Crippen LogP contribution in [0.5, 0.6) is 0 Å². The molecule has 2 aromatic rings. The topological polar surface area (TPSA) is 55.0 Å². The second kappa shape index (κ2) is 6.19. The molecule has 6 heteroatoms. The molecule has 2 rings (SSSR count). The Balaban J connectivity index is 2.29. The van der Waals surface area contributed by atoms with Crippen LogP contribution < -0.4 is 10.6 Å². The predicted octanol–water partition coefficient (Wildman–Crippen LogP) is 2.24. The largest absolute Gasteiger partial charge is 0.330 e. The van der Waals surface area contributed by atoms with Crippen molar-refractivity contribution in [1.29, 1.82) is 0 Å². The van der Waals surface area contributed by atoms with Crippen LogP contribution in [0.4, 0.5) is 20.4 Å². The second-order valence-corrected chi connectivity index (χ2v) is 3.97. The highest BCUT2D eigenvalue weighted by Crippen LogP contribution is 2.22. The Morgan fingerprint density at radius 3 is 2.21 bits per heavy atom. The molecule has 1 heterocycles. The Bertz CT molecular complexity index is 468. The number of nitrogens with zero attached hydrogens (tertiary/aromatic N) is 3. The third kappa shape index (κ3) is 3.45. The molecule has 0 unspecified atom stereocenters. The zero-order chi connectivity index (χ0) is 13.7. The Hall–Kier alpha value is -2.08. The molecule has 0 fully saturated rings. The maximum atomic E-state index is 12.9. The van der Waals surface area contributed by atoms with E-state index in [9.17, 15) is 8.78 Å². The Morgan fingerprint density at radius 2 is 1.63 bits per heavy atom. The fraction of sp³-hybridized carbons (Fsp3) is 0.231. The van der Waals surface area contributed by atoms with Crippen LogP contribution >= 0.6 is 0 Å². The normalized spacial score (nSPS) is 10.5. The van der Waals surface area contributed by atoms with Gasteiger partial charge in [-0.05, 0) is 37.2 Å². The summed E-state index contributed by atoms with van der Waals surface area (Å²) >= 11 is 0. The minimum absolute atomic E-state index is 0.317. The summed E-state index contributed by atoms with van der Waals surface area (Å²) in [5, 5.41) is 0. The van der Waals surface area contributed by atoms with Crippen LogP contribution in [0.1, 0.15) is 6.42 Å². The van der Waals surface area contributed by atoms with Gasteiger partial charge in [0.25, 0.3) is 0 Å². The van der Waals surface area contributed by atoms with Crippen molar-refractivity contribution in [3.05, 3.63) is 48.3 Å². The standard InChI is InChI=1S/C13H14F2N4/c14-10-2-4-12(5-3-10)19(7-1-6-16)13-17-8-11(15)9-18-13/h2-5,8-9H,1,6-7,16H2. The van der Waals surface area contributed by atoms with Crippen molar-refractivity contribution in [2.45, 2.75) is 6.42 Å². The van der Waals surface area contributed by atoms with Crippen molar-refractivity contribution >= 4 is 11.6 Å². The van der Waals surface area contributed by atoms with E-state index in [1.165, 1.54) is 12.1 Å². The lowest BCUT2D eigenvalue weighted by Crippen LogP contribution is -2.23. The average molecular weight is 264 g/mol. The van der Waals surface area contributed by atoms with Gasteiger partial charge in [-0.1, -0.05) is 0 Å². The van der Waals surface area contributed by atoms with Crippen molar-refractivity contribution in [2.75, 3.05) is 18.0 Å². The third-order valence-electron chi connectivity index (χ3n) is 2.57. The predicted molar refractivity (Wildman–Crippen MR) is 69.1 cm³/mol. The van der Waals surface area contributed by atoms with E-state index in [4.69, 9.17) is 5.73 Å². The number of anilines is 2. The van der Waals surface area contributed by atoms with E-state index in [1.807, 2.05) is 0 Å². The molecule has 2 N–H and O–H groups in total. The van der Waals surface area contributed by atoms with E-state index in [-0.39, 0.29) is 5.82 Å². The molecule has 1 aromatic heterocycles. The first-order chi connectivity index (χ1) is 9.20. The van der Waals surface area contributed by atoms with Gasteiger partial charge >= 0.3 is 0 Å². The lowest BCUT2D eigenvalue weighted by atomic mass is 10.2. The minimum atomic E-state index is -0.498. The summed E-state index contributed by atoms with van der Waals surface area (Å²) in [5.41, 5.74) is 6.23. The van der Waals surface area contributed by atoms with Gasteiger partial charge < -0.3 is 10.6 Å². The summed E-state index contributed by atoms with van der Waals surface area (Å²) in [4.78, 5) is 9.64. The van der Waals surface area contributed by atoms with Crippen molar-refractivity contribution in [2.24, 2.45) is 5.73 Å². The molecular weight excluding hydrogens is 250 g/mol. The molecule has 4 nitrogen and oxygen atoms in total. The number of nitrogens with two attached hydrogens (primary N) is 1. The van der Waals surface area contributed by atoms with Crippen LogP contribution in [0.3, 0.4) is 0 Å². The Kier molecular flexibility index (Phi) is 4.35. The van der Waals surface area contributed by atoms with E-state index in [1.54, 1.807) is 17.0 Å². The van der Waals surface area contributed by atoms with Gasteiger partial charge in [0.15, 0.2) is 5.82 Å². The van der Waals surface area contributed by atoms with Crippen molar-refractivity contribution in [3.8, 4) is 0 Å². The van der Waals surface area contributed by atoms with E-state index < -0.39 is 5.82 Å². The van der Waals surface area contributed by atoms with Crippen LogP contribution in [0.25, 0.3) is 0 Å². The first kappa shape index (κ1) is 13.4. The highest BCUT2D eigenvalue weighted by atomic mass is 19.1. The summed E-state index contributed by atoms with van der Waals surface area (Å²) in [7, 11) is 0. The van der Waals surface area contributed by atoms with E-state index in [2.05, 4.69) is 9.97 Å². The SMILES string of the molecule is NCCCN(c1ccc(F)cc1)c1ncc(F)cn1. The second-order valence-electron chi connectivity index (χ2n) is 3.97. The Morgan fingerprint density at radius 1 is 1.00 bits per heavy atom. The molecule has 100 valence electrons. The molecular formula is C13H14F2N4. The molecule has 0 aliphatic rings. The smallest absolute Gasteiger partial charge is 0.230 e. The van der Waals surface area contributed by atoms with Gasteiger partial charge in [-0.15, -0.1) is 0 Å². The third-order valence-corrected chi connectivity index (χ3v) is 2.57. The molecule has 0 bridgehead atoms. The van der Waals surface area contributed by atoms with Crippen molar-refractivity contribution in [3.63, 3.8) is 0 Å². The van der Waals surface area contributed by atoms with Crippen LogP contribution in [-0.2, 0) is 0 Å². The van der Waals surface area contributed by atoms with Crippen molar-refractivity contribution < 1.29 is 8.78 Å². The van der Waals surface area contributed by atoms with Gasteiger partial charge in [-0.3, -0.25) is 0 Å². The van der Waals surface area contributed by atoms with Gasteiger partial charge in [-0.25, -0.2) is 18.7 Å². The summed E-state index contributed by atoms with van der Waals surface area (Å²) in [6, 6.07) is 5.96. The van der Waals surface area contributed by atoms with Gasteiger partial charge in [0.1, 0.15) is 5.82 Å². The number of rotatable bonds is 5. The number of benzene rings is 1. The Labute approximate surface area is 109 Å². The zero-order valence-corrected chi connectivity index (χ0v) is 10.3. The van der Waals surface area contributed by atoms with Gasteiger partial charge in [0, 0.05) is 12.2 Å². The number of hydrogen-bond acceptors (Lipinski definition) is 4. The highest BCUT2D eigenvalue weighted by Gasteiger charge is 2.11. The van der Waals surface area contributed by atoms with E-state index in [0.717, 1.165) is 24.5 Å². The molecule has 0 saturated carbocycles. The van der Waals surface area contributed by atoms with Crippen LogP contribution in [0.15, 0.2) is 36.7 Å². The fourth-order valence-corrected chi connectivity index (χ4v) is 1.66. The number of halogens is 2. The minimum Gasteiger partial charge on any atom is -0.330 e. The van der Waals surface area contributed by atoms with E-state index in [0.29, 0.717) is 19.0 Å². The van der Waals surface area contributed by atoms with Gasteiger partial charge in [-0.2, -0.15) is 0 Å². The average Bonchev–Trinajstić information content (AvgIpc) is 2.43. The summed E-state index contributed by atoms with van der Waals surface area (Å²) in [6.07, 6.45) is 2.92. The molecule has 0 saturated heterocycles. The quantitative estimate of drug-likeness (QED) is 0.899. The van der Waals surface area contributed by atoms with Crippen LogP contribution in [0.2, 0.25) is 0 Å². The monoisotopic (exact) mass is 264 g/mol. The lowest BCUT2D eigenvalue weighted by molar-refractivity contribution is 0.612. The maximum absolute atomic E-state index is 12.9. The summed E-state index contributed by atoms with van der Waals surface area (Å²) in [6.45, 7) is 1.09. The molecule has 19 heavy (non-hydrogen) atoms. The zero-order valence-electron chi connectivity index (χ0n) is 10.3. The van der Waals surface area contributed by atoms with Gasteiger partial charge in [0.05, 0.1) is 12.4 Å². The molecule has 1 aromatic carbocycles. The molecule has 0 aliphatic heterocycles. The first-order valence-electron chi connectivity index (χ1n) is 5.91. The summed E-state index contributed by atoms with van der Waals surface area (Å²) in [5.74, 6) is -0.453. The number of hydrogen-bond donors (Lipinski definition) is 1. The lowest BCUT2D eigenvalue weighted by Gasteiger charge is -2.22. The molecule has 0 radical (unpaired) electrons. The summed E-state index contributed by atoms with van der Waals surface area (Å²) < 4.78 is 25.8. The molecule has 0 spiro atoms. The van der Waals surface area contributed by atoms with Gasteiger partial charge in [0.2, 0.25) is 5.95 Å². The number of aromatic nitrogens is 2. The molecule has 0 atom stereocenters. The van der Waals surface area contributed by atoms with Crippen LogP contribution in [-0.4, -0.2) is 23.1 Å². The maximum Gasteiger partial charge on any atom is 0.230 e. The van der Waals surface area contributed by atoms with Crippen LogP contribution in [0, 0.1) is 11.6 Å². The van der Waals surface area contributed by atoms with E-state index >= 15 is 0 Å². The molecule has 0 amide bonds. The highest BCUT2D eigenvalue weighted by molar-refractivity contribution is 5.56. The molecule has 0 aliphatic carbocycles. The van der Waals surface area contributed by atoms with Crippen molar-refractivity contribution in [1.82, 2.24) is 9.97 Å².